The maximum Gasteiger partial charge on any atom is 0.268 e. The molecule has 0 saturated heterocycles. The van der Waals surface area contributed by atoms with Crippen molar-refractivity contribution in [2.75, 3.05) is 0 Å². The Morgan fingerprint density at radius 3 is 2.50 bits per heavy atom. The topological polar surface area (TPSA) is 29.5 Å². The van der Waals surface area contributed by atoms with Crippen LogP contribution in [0.5, 0.6) is 11.5 Å². The molecule has 1 aliphatic rings. The Morgan fingerprint density at radius 1 is 1.09 bits per heavy atom. The van der Waals surface area contributed by atoms with Crippen LogP contribution in [0.25, 0.3) is 10.8 Å². The van der Waals surface area contributed by atoms with Gasteiger partial charge in [-0.25, -0.2) is 8.78 Å². The maximum absolute atomic E-state index is 13.5. The van der Waals surface area contributed by atoms with Gasteiger partial charge in [0.15, 0.2) is 0 Å². The number of phenols is 1. The molecular weight excluding hydrogens is 286 g/mol. The van der Waals surface area contributed by atoms with Gasteiger partial charge in [-0.3, -0.25) is 0 Å². The van der Waals surface area contributed by atoms with Gasteiger partial charge >= 0.3 is 0 Å². The van der Waals surface area contributed by atoms with Crippen LogP contribution in [-0.4, -0.2) is 11.2 Å². The average Bonchev–Trinajstić information content (AvgIpc) is 2.49. The van der Waals surface area contributed by atoms with Crippen molar-refractivity contribution in [1.82, 2.24) is 0 Å². The van der Waals surface area contributed by atoms with E-state index in [2.05, 4.69) is 6.92 Å². The third-order valence-corrected chi connectivity index (χ3v) is 4.48. The predicted molar refractivity (Wildman–Crippen MR) is 82.6 cm³/mol. The number of benzene rings is 2. The zero-order chi connectivity index (χ0) is 15.7. The van der Waals surface area contributed by atoms with Crippen LogP contribution in [0.2, 0.25) is 0 Å². The summed E-state index contributed by atoms with van der Waals surface area (Å²) in [7, 11) is 0. The van der Waals surface area contributed by atoms with Crippen LogP contribution in [0.3, 0.4) is 0 Å². The summed E-state index contributed by atoms with van der Waals surface area (Å²) in [6.45, 7) is 2.21. The quantitative estimate of drug-likeness (QED) is 0.818. The number of phenolic OH excluding ortho intramolecular Hbond substituents is 1. The summed E-state index contributed by atoms with van der Waals surface area (Å²) in [4.78, 5) is 0. The van der Waals surface area contributed by atoms with Gasteiger partial charge < -0.3 is 9.84 Å². The normalized spacial score (nSPS) is 22.2. The molecule has 0 spiro atoms. The standard InChI is InChI=1S/C18H20F2O2/c1-11-2-6-14(7-3-11)22-16-9-4-12-10-13(21)5-8-15(12)17(16)18(19)20/h4-5,8-11,14,18,21H,2-3,6-7H2,1H3. The second-order valence-electron chi connectivity index (χ2n) is 6.18. The first-order chi connectivity index (χ1) is 10.5. The number of ether oxygens (including phenoxy) is 1. The summed E-state index contributed by atoms with van der Waals surface area (Å²) in [5.41, 5.74) is -0.0730. The molecule has 3 rings (SSSR count). The number of alkyl halides is 2. The summed E-state index contributed by atoms with van der Waals surface area (Å²) >= 11 is 0. The number of fused-ring (bicyclic) bond motifs is 1. The fourth-order valence-electron chi connectivity index (χ4n) is 3.18. The molecule has 4 heteroatoms. The van der Waals surface area contributed by atoms with E-state index < -0.39 is 6.43 Å². The molecule has 0 unspecified atom stereocenters. The van der Waals surface area contributed by atoms with Gasteiger partial charge in [-0.2, -0.15) is 0 Å². The Kier molecular flexibility index (Phi) is 4.19. The highest BCUT2D eigenvalue weighted by Gasteiger charge is 2.24. The molecule has 2 aromatic rings. The molecule has 118 valence electrons. The minimum Gasteiger partial charge on any atom is -0.508 e. The summed E-state index contributed by atoms with van der Waals surface area (Å²) < 4.78 is 33.0. The van der Waals surface area contributed by atoms with E-state index in [9.17, 15) is 13.9 Å². The lowest BCUT2D eigenvalue weighted by atomic mass is 9.89. The Bertz CT molecular complexity index is 661. The Morgan fingerprint density at radius 2 is 1.82 bits per heavy atom. The van der Waals surface area contributed by atoms with E-state index in [-0.39, 0.29) is 23.2 Å². The van der Waals surface area contributed by atoms with Crippen LogP contribution in [0.1, 0.15) is 44.6 Å². The lowest BCUT2D eigenvalue weighted by molar-refractivity contribution is 0.116. The molecule has 1 N–H and O–H groups in total. The SMILES string of the molecule is CC1CCC(Oc2ccc3cc(O)ccc3c2C(F)F)CC1. The molecule has 0 bridgehead atoms. The van der Waals surface area contributed by atoms with Gasteiger partial charge in [-0.15, -0.1) is 0 Å². The fourth-order valence-corrected chi connectivity index (χ4v) is 3.18. The number of halogens is 2. The van der Waals surface area contributed by atoms with Gasteiger partial charge in [-0.1, -0.05) is 19.1 Å². The lowest BCUT2D eigenvalue weighted by Crippen LogP contribution is -2.23. The van der Waals surface area contributed by atoms with Gasteiger partial charge in [0.25, 0.3) is 6.43 Å². The Labute approximate surface area is 128 Å². The van der Waals surface area contributed by atoms with Gasteiger partial charge in [0.2, 0.25) is 0 Å². The minimum atomic E-state index is -2.61. The lowest BCUT2D eigenvalue weighted by Gasteiger charge is -2.28. The summed E-state index contributed by atoms with van der Waals surface area (Å²) in [6, 6.07) is 7.78. The van der Waals surface area contributed by atoms with Crippen LogP contribution in [0.4, 0.5) is 8.78 Å². The molecule has 1 saturated carbocycles. The van der Waals surface area contributed by atoms with Gasteiger partial charge in [0, 0.05) is 0 Å². The van der Waals surface area contributed by atoms with Crippen molar-refractivity contribution >= 4 is 10.8 Å². The molecule has 22 heavy (non-hydrogen) atoms. The maximum atomic E-state index is 13.5. The van der Waals surface area contributed by atoms with E-state index in [0.717, 1.165) is 25.7 Å². The zero-order valence-electron chi connectivity index (χ0n) is 12.6. The van der Waals surface area contributed by atoms with Crippen LogP contribution >= 0.6 is 0 Å². The molecule has 1 aliphatic carbocycles. The van der Waals surface area contributed by atoms with E-state index in [1.807, 2.05) is 0 Å². The average molecular weight is 306 g/mol. The van der Waals surface area contributed by atoms with Crippen LogP contribution < -0.4 is 4.74 Å². The van der Waals surface area contributed by atoms with Crippen molar-refractivity contribution in [2.45, 2.75) is 45.1 Å². The molecule has 0 heterocycles. The van der Waals surface area contributed by atoms with Crippen molar-refractivity contribution < 1.29 is 18.6 Å². The number of hydrogen-bond acceptors (Lipinski definition) is 2. The highest BCUT2D eigenvalue weighted by Crippen LogP contribution is 2.38. The van der Waals surface area contributed by atoms with Crippen molar-refractivity contribution in [1.29, 1.82) is 0 Å². The van der Waals surface area contributed by atoms with E-state index in [1.54, 1.807) is 12.1 Å². The fraction of sp³-hybridized carbons (Fsp3) is 0.444. The molecule has 0 amide bonds. The highest BCUT2D eigenvalue weighted by atomic mass is 19.3. The molecule has 1 fully saturated rings. The van der Waals surface area contributed by atoms with Crippen LogP contribution in [-0.2, 0) is 0 Å². The van der Waals surface area contributed by atoms with Crippen molar-refractivity contribution in [2.24, 2.45) is 5.92 Å². The minimum absolute atomic E-state index is 0.0169. The second-order valence-corrected chi connectivity index (χ2v) is 6.18. The van der Waals surface area contributed by atoms with E-state index >= 15 is 0 Å². The molecule has 0 radical (unpaired) electrons. The van der Waals surface area contributed by atoms with E-state index in [1.165, 1.54) is 18.2 Å². The largest absolute Gasteiger partial charge is 0.508 e. The van der Waals surface area contributed by atoms with Crippen LogP contribution in [0, 0.1) is 5.92 Å². The van der Waals surface area contributed by atoms with Crippen molar-refractivity contribution in [3.63, 3.8) is 0 Å². The molecule has 2 nitrogen and oxygen atoms in total. The molecule has 2 aromatic carbocycles. The molecule has 0 atom stereocenters. The first-order valence-corrected chi connectivity index (χ1v) is 7.75. The number of aromatic hydroxyl groups is 1. The smallest absolute Gasteiger partial charge is 0.268 e. The van der Waals surface area contributed by atoms with Gasteiger partial charge in [0.05, 0.1) is 11.7 Å². The van der Waals surface area contributed by atoms with E-state index in [4.69, 9.17) is 4.74 Å². The van der Waals surface area contributed by atoms with Crippen LogP contribution in [0.15, 0.2) is 30.3 Å². The van der Waals surface area contributed by atoms with Crippen molar-refractivity contribution in [3.05, 3.63) is 35.9 Å². The summed E-state index contributed by atoms with van der Waals surface area (Å²) in [5.74, 6) is 1.03. The Balaban J connectivity index is 1.95. The van der Waals surface area contributed by atoms with Crippen molar-refractivity contribution in [3.8, 4) is 11.5 Å². The predicted octanol–water partition coefficient (Wildman–Crippen LogP) is 5.44. The third kappa shape index (κ3) is 3.01. The summed E-state index contributed by atoms with van der Waals surface area (Å²) in [5, 5.41) is 10.5. The zero-order valence-corrected chi connectivity index (χ0v) is 12.6. The monoisotopic (exact) mass is 306 g/mol. The van der Waals surface area contributed by atoms with Gasteiger partial charge in [0.1, 0.15) is 11.5 Å². The highest BCUT2D eigenvalue weighted by molar-refractivity contribution is 5.89. The Hall–Kier alpha value is -1.84. The molecule has 0 aromatic heterocycles. The van der Waals surface area contributed by atoms with E-state index in [0.29, 0.717) is 16.7 Å². The third-order valence-electron chi connectivity index (χ3n) is 4.48. The summed E-state index contributed by atoms with van der Waals surface area (Å²) in [6.07, 6.45) is 1.40. The van der Waals surface area contributed by atoms with Gasteiger partial charge in [-0.05, 0) is 60.6 Å². The number of rotatable bonds is 3. The molecular formula is C18H20F2O2. The first-order valence-electron chi connectivity index (χ1n) is 7.75. The first kappa shape index (κ1) is 15.1. The number of hydrogen-bond donors (Lipinski definition) is 1. The second kappa shape index (κ2) is 6.11. The molecule has 0 aliphatic heterocycles.